The lowest BCUT2D eigenvalue weighted by Crippen LogP contribution is -2.16. The molecule has 6 heteroatoms. The number of rotatable bonds is 5. The molecule has 0 saturated carbocycles. The predicted molar refractivity (Wildman–Crippen MR) is 89.4 cm³/mol. The van der Waals surface area contributed by atoms with Crippen molar-refractivity contribution in [2.75, 3.05) is 26.6 Å². The molecule has 2 aromatic carbocycles. The van der Waals surface area contributed by atoms with Gasteiger partial charge in [-0.05, 0) is 24.4 Å². The first-order valence-electron chi connectivity index (χ1n) is 6.51. The van der Waals surface area contributed by atoms with Gasteiger partial charge in [-0.1, -0.05) is 18.2 Å². The Kier molecular flexibility index (Phi) is 5.43. The van der Waals surface area contributed by atoms with Crippen LogP contribution >= 0.6 is 12.2 Å². The minimum absolute atomic E-state index is 0.223. The minimum Gasteiger partial charge on any atom is -0.493 e. The summed E-state index contributed by atoms with van der Waals surface area (Å²) in [5.74, 6) is 2.25. The number of thiocarbonyl (C=S) groups is 1. The zero-order valence-corrected chi connectivity index (χ0v) is 13.4. The molecule has 22 heavy (non-hydrogen) atoms. The standard InChI is InChI=1S/C16H17NO4S/c1-18-13-9-11(10-14(19-2)15(13)20-3)17-16(22)21-12-7-5-4-6-8-12/h4-10H,1-3H3,(H,17,22). The highest BCUT2D eigenvalue weighted by Crippen LogP contribution is 2.39. The Labute approximate surface area is 134 Å². The third-order valence-corrected chi connectivity index (χ3v) is 3.05. The second-order valence-electron chi connectivity index (χ2n) is 4.24. The van der Waals surface area contributed by atoms with E-state index < -0.39 is 0 Å². The fraction of sp³-hybridized carbons (Fsp3) is 0.188. The normalized spacial score (nSPS) is 9.77. The summed E-state index contributed by atoms with van der Waals surface area (Å²) in [4.78, 5) is 0. The second-order valence-corrected chi connectivity index (χ2v) is 4.61. The smallest absolute Gasteiger partial charge is 0.266 e. The Hall–Kier alpha value is -2.47. The van der Waals surface area contributed by atoms with E-state index in [0.717, 1.165) is 0 Å². The topological polar surface area (TPSA) is 49.0 Å². The largest absolute Gasteiger partial charge is 0.493 e. The monoisotopic (exact) mass is 319 g/mol. The molecule has 2 rings (SSSR count). The molecule has 0 aromatic heterocycles. The van der Waals surface area contributed by atoms with E-state index in [1.807, 2.05) is 30.3 Å². The van der Waals surface area contributed by atoms with Gasteiger partial charge in [-0.2, -0.15) is 0 Å². The fourth-order valence-corrected chi connectivity index (χ4v) is 2.11. The van der Waals surface area contributed by atoms with Crippen molar-refractivity contribution in [3.05, 3.63) is 42.5 Å². The van der Waals surface area contributed by atoms with Gasteiger partial charge in [0.2, 0.25) is 5.75 Å². The quantitative estimate of drug-likeness (QED) is 0.851. The van der Waals surface area contributed by atoms with Crippen molar-refractivity contribution < 1.29 is 18.9 Å². The Morgan fingerprint density at radius 1 is 0.909 bits per heavy atom. The van der Waals surface area contributed by atoms with Crippen LogP contribution in [0, 0.1) is 0 Å². The molecule has 0 heterocycles. The van der Waals surface area contributed by atoms with Crippen LogP contribution in [-0.4, -0.2) is 26.5 Å². The fourth-order valence-electron chi connectivity index (χ4n) is 1.89. The van der Waals surface area contributed by atoms with E-state index >= 15 is 0 Å². The van der Waals surface area contributed by atoms with Gasteiger partial charge < -0.3 is 24.3 Å². The van der Waals surface area contributed by atoms with E-state index in [2.05, 4.69) is 5.32 Å². The Bertz CT molecular complexity index is 621. The molecule has 0 unspecified atom stereocenters. The van der Waals surface area contributed by atoms with Crippen molar-refractivity contribution in [1.82, 2.24) is 0 Å². The number of nitrogens with one attached hydrogen (secondary N) is 1. The molecule has 2 aromatic rings. The zero-order valence-electron chi connectivity index (χ0n) is 12.6. The number of benzene rings is 2. The first-order valence-corrected chi connectivity index (χ1v) is 6.92. The second kappa shape index (κ2) is 7.51. The number of methoxy groups -OCH3 is 3. The first kappa shape index (κ1) is 15.9. The number of anilines is 1. The third-order valence-electron chi connectivity index (χ3n) is 2.86. The van der Waals surface area contributed by atoms with Gasteiger partial charge >= 0.3 is 0 Å². The summed E-state index contributed by atoms with van der Waals surface area (Å²) in [5.41, 5.74) is 0.676. The summed E-state index contributed by atoms with van der Waals surface area (Å²) in [6.45, 7) is 0. The Morgan fingerprint density at radius 3 is 2.00 bits per heavy atom. The van der Waals surface area contributed by atoms with Gasteiger partial charge in [-0.3, -0.25) is 0 Å². The highest BCUT2D eigenvalue weighted by molar-refractivity contribution is 7.80. The maximum absolute atomic E-state index is 5.53. The first-order chi connectivity index (χ1) is 10.7. The molecular weight excluding hydrogens is 302 g/mol. The molecule has 0 bridgehead atoms. The van der Waals surface area contributed by atoms with Crippen molar-refractivity contribution in [3.63, 3.8) is 0 Å². The van der Waals surface area contributed by atoms with Crippen molar-refractivity contribution in [3.8, 4) is 23.0 Å². The van der Waals surface area contributed by atoms with Gasteiger partial charge in [-0.15, -0.1) is 0 Å². The van der Waals surface area contributed by atoms with Crippen molar-refractivity contribution in [2.24, 2.45) is 0 Å². The predicted octanol–water partition coefficient (Wildman–Crippen LogP) is 3.49. The molecular formula is C16H17NO4S. The zero-order chi connectivity index (χ0) is 15.9. The van der Waals surface area contributed by atoms with E-state index in [9.17, 15) is 0 Å². The summed E-state index contributed by atoms with van der Waals surface area (Å²) in [5, 5.41) is 3.21. The van der Waals surface area contributed by atoms with Crippen molar-refractivity contribution >= 4 is 23.1 Å². The summed E-state index contributed by atoms with van der Waals surface area (Å²) >= 11 is 5.19. The number of para-hydroxylation sites is 1. The Balaban J connectivity index is 2.17. The van der Waals surface area contributed by atoms with Crippen LogP contribution in [0.5, 0.6) is 23.0 Å². The van der Waals surface area contributed by atoms with E-state index in [-0.39, 0.29) is 5.17 Å². The van der Waals surface area contributed by atoms with Gasteiger partial charge in [0, 0.05) is 17.8 Å². The minimum atomic E-state index is 0.223. The van der Waals surface area contributed by atoms with E-state index in [4.69, 9.17) is 31.2 Å². The average molecular weight is 319 g/mol. The molecule has 0 aliphatic carbocycles. The van der Waals surface area contributed by atoms with Gasteiger partial charge in [0.25, 0.3) is 5.17 Å². The van der Waals surface area contributed by atoms with Crippen LogP contribution in [0.1, 0.15) is 0 Å². The lowest BCUT2D eigenvalue weighted by atomic mass is 10.2. The molecule has 0 aliphatic rings. The summed E-state index contributed by atoms with van der Waals surface area (Å²) in [6.07, 6.45) is 0. The van der Waals surface area contributed by atoms with Gasteiger partial charge in [0.05, 0.1) is 21.3 Å². The maximum atomic E-state index is 5.53. The maximum Gasteiger partial charge on any atom is 0.266 e. The van der Waals surface area contributed by atoms with Crippen LogP contribution in [0.3, 0.4) is 0 Å². The highest BCUT2D eigenvalue weighted by atomic mass is 32.1. The van der Waals surface area contributed by atoms with Crippen LogP contribution in [0.4, 0.5) is 5.69 Å². The molecule has 116 valence electrons. The van der Waals surface area contributed by atoms with Crippen molar-refractivity contribution in [1.29, 1.82) is 0 Å². The highest BCUT2D eigenvalue weighted by Gasteiger charge is 2.14. The molecule has 0 amide bonds. The molecule has 0 saturated heterocycles. The SMILES string of the molecule is COc1cc(NC(=S)Oc2ccccc2)cc(OC)c1OC. The Morgan fingerprint density at radius 2 is 1.50 bits per heavy atom. The summed E-state index contributed by atoms with van der Waals surface area (Å²) in [7, 11) is 4.66. The average Bonchev–Trinajstić information content (AvgIpc) is 2.54. The van der Waals surface area contributed by atoms with Crippen LogP contribution in [-0.2, 0) is 0 Å². The van der Waals surface area contributed by atoms with E-state index in [1.165, 1.54) is 0 Å². The molecule has 0 radical (unpaired) electrons. The lowest BCUT2D eigenvalue weighted by molar-refractivity contribution is 0.324. The van der Waals surface area contributed by atoms with Gasteiger partial charge in [0.1, 0.15) is 5.75 Å². The van der Waals surface area contributed by atoms with Crippen molar-refractivity contribution in [2.45, 2.75) is 0 Å². The van der Waals surface area contributed by atoms with E-state index in [1.54, 1.807) is 33.5 Å². The lowest BCUT2D eigenvalue weighted by Gasteiger charge is -2.15. The molecule has 5 nitrogen and oxygen atoms in total. The van der Waals surface area contributed by atoms with Crippen LogP contribution in [0.15, 0.2) is 42.5 Å². The van der Waals surface area contributed by atoms with Crippen LogP contribution in [0.25, 0.3) is 0 Å². The molecule has 0 spiro atoms. The third kappa shape index (κ3) is 3.79. The molecule has 0 aliphatic heterocycles. The molecule has 0 atom stereocenters. The van der Waals surface area contributed by atoms with E-state index in [0.29, 0.717) is 28.7 Å². The van der Waals surface area contributed by atoms with Crippen LogP contribution < -0.4 is 24.3 Å². The molecule has 0 fully saturated rings. The van der Waals surface area contributed by atoms with Gasteiger partial charge in [0.15, 0.2) is 11.5 Å². The van der Waals surface area contributed by atoms with Gasteiger partial charge in [-0.25, -0.2) is 0 Å². The summed E-state index contributed by atoms with van der Waals surface area (Å²) in [6, 6.07) is 12.8. The number of hydrogen-bond acceptors (Lipinski definition) is 5. The molecule has 1 N–H and O–H groups in total. The summed E-state index contributed by atoms with van der Waals surface area (Å²) < 4.78 is 21.4. The number of ether oxygens (including phenoxy) is 4. The van der Waals surface area contributed by atoms with Crippen LogP contribution in [0.2, 0.25) is 0 Å². The number of hydrogen-bond donors (Lipinski definition) is 1.